The molecule has 6 aliphatic carbocycles. The summed E-state index contributed by atoms with van der Waals surface area (Å²) in [5, 5.41) is 89.6. The van der Waals surface area contributed by atoms with E-state index in [4.69, 9.17) is 91.8 Å². The number of hydrogen-bond donors (Lipinski definition) is 8. The molecule has 101 heavy (non-hydrogen) atoms. The molecule has 0 aromatic carbocycles. The summed E-state index contributed by atoms with van der Waals surface area (Å²) in [5.41, 5.74) is -8.17. The minimum atomic E-state index is -2.01. The number of esters is 6. The summed E-state index contributed by atoms with van der Waals surface area (Å²) >= 11 is 20.0. The zero-order valence-electron chi connectivity index (χ0n) is 59.6. The van der Waals surface area contributed by atoms with E-state index in [2.05, 4.69) is 33.6 Å². The normalized spacial score (nSPS) is 53.8. The average molecular weight is 1490 g/mol. The minimum Gasteiger partial charge on any atom is -0.459 e. The van der Waals surface area contributed by atoms with Crippen LogP contribution in [-0.2, 0) is 85.7 Å². The summed E-state index contributed by atoms with van der Waals surface area (Å²) in [6, 6.07) is 0. The predicted molar refractivity (Wildman–Crippen MR) is 353 cm³/mol. The van der Waals surface area contributed by atoms with Crippen LogP contribution in [0.25, 0.3) is 0 Å². The molecule has 6 saturated carbocycles. The third kappa shape index (κ3) is 12.2. The third-order valence-corrected chi connectivity index (χ3v) is 28.6. The molecular weight excluding hydrogens is 1390 g/mol. The molecule has 0 unspecified atom stereocenters. The lowest BCUT2D eigenvalue weighted by molar-refractivity contribution is -0.220. The first-order valence-corrected chi connectivity index (χ1v) is 36.5. The van der Waals surface area contributed by atoms with E-state index in [1.54, 1.807) is 6.92 Å². The van der Waals surface area contributed by atoms with Gasteiger partial charge in [-0.15, -0.1) is 34.8 Å². The highest BCUT2D eigenvalue weighted by atomic mass is 35.5. The molecule has 566 valence electrons. The summed E-state index contributed by atoms with van der Waals surface area (Å²) in [6.45, 7) is 37.8. The van der Waals surface area contributed by atoms with Crippen molar-refractivity contribution in [3.63, 3.8) is 0 Å². The van der Waals surface area contributed by atoms with Crippen molar-refractivity contribution in [2.24, 2.45) is 87.3 Å². The number of halogens is 3. The summed E-state index contributed by atoms with van der Waals surface area (Å²) in [5.74, 6) is -8.92. The van der Waals surface area contributed by atoms with E-state index in [0.29, 0.717) is 5.57 Å². The molecule has 0 bridgehead atoms. The Hall–Kier alpha value is -4.19. The Kier molecular flexibility index (Phi) is 21.9. The SMILES string of the molecule is C=C1[C@@H](O)C[C@H](O)[C@]2(C)[C@H]([C@@H](C)[C@@H](C)[C@@H]3O[C@@H]32)[C@H](OC(C)=O)[C@]2(O)[C@@H](C)C(=O)O[C@H]2[C@H]1Cl.C=C1[C@@H](O)C[C@H](O)[C@]2(C)[C@H]([C@@H](C)[C@@H](CCC)[C@@H]3O[C@@H]32)[C@H](OC(C)=O)[C@]2(O)[C@@H](C)C(=O)O[C@H]2[C@H]1Cl.C=C1[C@H]2O[C@H]2[C@H](O)[C@]2(C)[C@H]([C@@H](C)[C@@H](C)[C@@H]3O[C@@H]32)[C@H](OC(C)=O)[C@]2(O)[C@@H](C)C(=O)O[C@H]2[C@H]1Cl.O=C=O. The number of ether oxygens (including phenoxy) is 10. The van der Waals surface area contributed by atoms with E-state index in [1.165, 1.54) is 34.6 Å². The predicted octanol–water partition coefficient (Wildman–Crippen LogP) is 3.74. The van der Waals surface area contributed by atoms with E-state index in [-0.39, 0.29) is 102 Å². The second-order valence-corrected chi connectivity index (χ2v) is 33.4. The van der Waals surface area contributed by atoms with Crippen LogP contribution < -0.4 is 0 Å². The maximum Gasteiger partial charge on any atom is 0.373 e. The largest absolute Gasteiger partial charge is 0.459 e. The van der Waals surface area contributed by atoms with Gasteiger partial charge in [0.25, 0.3) is 0 Å². The Balaban J connectivity index is 0.000000160. The van der Waals surface area contributed by atoms with Gasteiger partial charge >= 0.3 is 42.0 Å². The third-order valence-electron chi connectivity index (χ3n) is 27.0. The lowest BCUT2D eigenvalue weighted by atomic mass is 9.51. The molecule has 7 heterocycles. The molecule has 13 fully saturated rings. The van der Waals surface area contributed by atoms with Crippen molar-refractivity contribution in [2.75, 3.05) is 0 Å². The Morgan fingerprint density at radius 3 is 1.14 bits per heavy atom. The zero-order chi connectivity index (χ0) is 75.4. The van der Waals surface area contributed by atoms with Crippen LogP contribution in [0.2, 0.25) is 0 Å². The van der Waals surface area contributed by atoms with E-state index in [1.807, 2.05) is 48.5 Å². The first kappa shape index (κ1) is 79.4. The van der Waals surface area contributed by atoms with E-state index >= 15 is 0 Å². The fourth-order valence-corrected chi connectivity index (χ4v) is 21.7. The zero-order valence-corrected chi connectivity index (χ0v) is 61.9. The molecule has 7 aliphatic heterocycles. The number of hydrogen-bond acceptors (Lipinski definition) is 26. The monoisotopic (exact) mass is 1490 g/mol. The van der Waals surface area contributed by atoms with Gasteiger partial charge in [-0.05, 0) is 79.4 Å². The Bertz CT molecular complexity index is 3280. The van der Waals surface area contributed by atoms with Gasteiger partial charge in [-0.1, -0.05) is 88.5 Å². The van der Waals surface area contributed by atoms with Crippen molar-refractivity contribution in [2.45, 2.75) is 278 Å². The molecule has 40 atom stereocenters. The maximum absolute atomic E-state index is 12.8. The first-order valence-electron chi connectivity index (χ1n) is 35.2. The van der Waals surface area contributed by atoms with Crippen molar-refractivity contribution < 1.29 is 127 Å². The van der Waals surface area contributed by atoms with E-state index in [9.17, 15) is 69.6 Å². The van der Waals surface area contributed by atoms with Crippen LogP contribution in [0.5, 0.6) is 0 Å². The summed E-state index contributed by atoms with van der Waals surface area (Å²) in [6.07, 6.45) is -13.3. The number of rotatable bonds is 5. The van der Waals surface area contributed by atoms with E-state index < -0.39 is 200 Å². The van der Waals surface area contributed by atoms with Crippen molar-refractivity contribution in [1.82, 2.24) is 0 Å². The molecule has 0 aromatic heterocycles. The van der Waals surface area contributed by atoms with E-state index in [0.717, 1.165) is 12.8 Å². The number of carbonyl (C=O) groups is 6. The molecule has 26 nitrogen and oxygen atoms in total. The second kappa shape index (κ2) is 27.9. The number of epoxide rings is 4. The van der Waals surface area contributed by atoms with Crippen LogP contribution in [0.15, 0.2) is 36.5 Å². The highest BCUT2D eigenvalue weighted by Gasteiger charge is 2.79. The average Bonchev–Trinajstić information content (AvgIpc) is 1.54. The van der Waals surface area contributed by atoms with Gasteiger partial charge in [0.15, 0.2) is 35.1 Å². The van der Waals surface area contributed by atoms with Gasteiger partial charge in [-0.25, -0.2) is 0 Å². The summed E-state index contributed by atoms with van der Waals surface area (Å²) < 4.78 is 58.2. The van der Waals surface area contributed by atoms with Crippen LogP contribution in [0, 0.1) is 87.3 Å². The molecule has 29 heteroatoms. The number of aliphatic hydroxyl groups excluding tert-OH is 5. The molecule has 0 spiro atoms. The summed E-state index contributed by atoms with van der Waals surface area (Å²) in [7, 11) is 0. The van der Waals surface area contributed by atoms with Gasteiger partial charge in [0.05, 0.1) is 101 Å². The molecular formula is C72H101Cl3O26. The van der Waals surface area contributed by atoms with Crippen molar-refractivity contribution in [1.29, 1.82) is 0 Å². The van der Waals surface area contributed by atoms with Crippen LogP contribution in [0.4, 0.5) is 0 Å². The van der Waals surface area contributed by atoms with Crippen molar-refractivity contribution >= 4 is 76.8 Å². The topological polar surface area (TPSA) is 404 Å². The summed E-state index contributed by atoms with van der Waals surface area (Å²) in [4.78, 5) is 91.4. The van der Waals surface area contributed by atoms with Gasteiger partial charge in [0.1, 0.15) is 30.5 Å². The molecule has 7 saturated heterocycles. The molecule has 8 N–H and O–H groups in total. The fourth-order valence-electron chi connectivity index (χ4n) is 20.5. The minimum absolute atomic E-state index is 0.0488. The van der Waals surface area contributed by atoms with Crippen LogP contribution in [0.3, 0.4) is 0 Å². The smallest absolute Gasteiger partial charge is 0.373 e. The number of alkyl halides is 3. The second-order valence-electron chi connectivity index (χ2n) is 32.0. The molecule has 0 amide bonds. The van der Waals surface area contributed by atoms with Crippen molar-refractivity contribution in [3.05, 3.63) is 36.5 Å². The van der Waals surface area contributed by atoms with Gasteiger partial charge in [0, 0.05) is 67.6 Å². The van der Waals surface area contributed by atoms with Gasteiger partial charge in [0.2, 0.25) is 0 Å². The van der Waals surface area contributed by atoms with Crippen LogP contribution in [-0.4, -0.2) is 232 Å². The molecule has 13 rings (SSSR count). The number of fused-ring (bicyclic) bond motifs is 13. The fraction of sp³-hybridized carbons (Fsp3) is 0.819. The van der Waals surface area contributed by atoms with Gasteiger partial charge < -0.3 is 88.2 Å². The number of aliphatic hydroxyl groups is 8. The Morgan fingerprint density at radius 1 is 0.485 bits per heavy atom. The van der Waals surface area contributed by atoms with Crippen LogP contribution in [0.1, 0.15) is 130 Å². The standard InChI is InChI=1S/C25H37ClO8.C23H31ClO8.C23H33ClO8.CO2/c1-7-8-14-10(2)17-20(32-13(5)27)25(31)12(4)23(30)34-21(25)18(26)11(3)15(28)9-16(29)24(17,6)22-19(14)33-22;1-7-8(2)15-20(31-15)22(6)12(7)18(29-11(5)25)23(28)10(4)21(27)32-19(23)13(24)9(3)14-16(30-14)17(22)26;1-8-9(2)17-20(31-17)22(6)14(27)7-13(26)10(3)16(24)19-23(29,11(4)21(28)32-19)18(15(8)22)30-12(5)25;2-1-3/h10,12,14-22,28-29,31H,3,7-9H2,1-2,4-6H3;7-8,10,12-20,26,28H,3H2,1-2,4-6H3;8-9,11,13-20,26-27,29H,3,7H2,1-2,4-6H3;/t10-,12-,14+,15-,16-,17+,18-,19-,20-,21-,22-,24+,25+;7-,8+,10-,12+,13-,14+,15-,16+,17-,18-,19-,20-,22-,23+;8-,9+,11-,13-,14-,15+,16-,17-,18-,19-,20-,22+,23+;/m000./s1. The van der Waals surface area contributed by atoms with Crippen molar-refractivity contribution in [3.8, 4) is 0 Å². The quantitative estimate of drug-likeness (QED) is 0.0639. The van der Waals surface area contributed by atoms with Gasteiger partial charge in [-0.2, -0.15) is 9.59 Å². The highest BCUT2D eigenvalue weighted by molar-refractivity contribution is 6.24. The number of carbonyl (C=O) groups excluding carboxylic acids is 8. The Labute approximate surface area is 602 Å². The first-order chi connectivity index (χ1) is 46.9. The lowest BCUT2D eigenvalue weighted by Gasteiger charge is -2.55. The molecule has 13 aliphatic rings. The van der Waals surface area contributed by atoms with Gasteiger partial charge in [-0.3, -0.25) is 28.8 Å². The highest BCUT2D eigenvalue weighted by Crippen LogP contribution is 2.68. The molecule has 0 aromatic rings. The van der Waals surface area contributed by atoms with Crippen LogP contribution >= 0.6 is 34.8 Å². The maximum atomic E-state index is 12.8. The lowest BCUT2D eigenvalue weighted by Crippen LogP contribution is -2.68. The Morgan fingerprint density at radius 2 is 0.792 bits per heavy atom. The molecule has 0 radical (unpaired) electrons.